The lowest BCUT2D eigenvalue weighted by molar-refractivity contribution is -0.137. The van der Waals surface area contributed by atoms with Crippen LogP contribution in [-0.4, -0.2) is 9.78 Å². The quantitative estimate of drug-likeness (QED) is 0.580. The van der Waals surface area contributed by atoms with Crippen molar-refractivity contribution in [1.29, 1.82) is 0 Å². The van der Waals surface area contributed by atoms with Gasteiger partial charge >= 0.3 is 6.18 Å². The molecule has 0 spiro atoms. The van der Waals surface area contributed by atoms with Gasteiger partial charge in [0.1, 0.15) is 0 Å². The highest BCUT2D eigenvalue weighted by atomic mass is 35.5. The fraction of sp³-hybridized carbons (Fsp3) is 0.250. The maximum atomic E-state index is 12.7. The Morgan fingerprint density at radius 3 is 2.33 bits per heavy atom. The number of aromatic nitrogens is 2. The smallest absolute Gasteiger partial charge is 0.302 e. The summed E-state index contributed by atoms with van der Waals surface area (Å²) in [5.41, 5.74) is 1.76. The maximum Gasteiger partial charge on any atom is 0.416 e. The summed E-state index contributed by atoms with van der Waals surface area (Å²) in [6, 6.07) is 14.4. The van der Waals surface area contributed by atoms with Gasteiger partial charge in [-0.05, 0) is 61.9 Å². The normalized spacial score (nSPS) is 14.1. The van der Waals surface area contributed by atoms with Crippen LogP contribution in [0.1, 0.15) is 42.8 Å². The fourth-order valence-electron chi connectivity index (χ4n) is 2.85. The van der Waals surface area contributed by atoms with Gasteiger partial charge in [-0.25, -0.2) is 4.68 Å². The van der Waals surface area contributed by atoms with Crippen molar-refractivity contribution in [3.05, 3.63) is 82.6 Å². The van der Waals surface area contributed by atoms with Crippen LogP contribution in [0.2, 0.25) is 5.02 Å². The highest BCUT2D eigenvalue weighted by Crippen LogP contribution is 2.29. The summed E-state index contributed by atoms with van der Waals surface area (Å²) in [5.74, 6) is 0. The first-order valence-electron chi connectivity index (χ1n) is 8.49. The molecule has 27 heavy (non-hydrogen) atoms. The summed E-state index contributed by atoms with van der Waals surface area (Å²) in [7, 11) is 0. The third-order valence-corrected chi connectivity index (χ3v) is 4.60. The molecule has 3 aromatic rings. The van der Waals surface area contributed by atoms with E-state index in [0.29, 0.717) is 10.7 Å². The Kier molecular flexibility index (Phi) is 5.58. The lowest BCUT2D eigenvalue weighted by Crippen LogP contribution is -2.23. The average molecular weight is 394 g/mol. The molecule has 1 N–H and O–H groups in total. The zero-order valence-corrected chi connectivity index (χ0v) is 15.6. The molecule has 2 atom stereocenters. The Balaban J connectivity index is 1.71. The summed E-state index contributed by atoms with van der Waals surface area (Å²) >= 11 is 6.04. The van der Waals surface area contributed by atoms with Crippen LogP contribution >= 0.6 is 11.6 Å². The minimum atomic E-state index is -4.34. The number of hydrogen-bond acceptors (Lipinski definition) is 2. The van der Waals surface area contributed by atoms with Crippen LogP contribution in [0, 0.1) is 0 Å². The van der Waals surface area contributed by atoms with Gasteiger partial charge in [-0.1, -0.05) is 23.7 Å². The summed E-state index contributed by atoms with van der Waals surface area (Å²) < 4.78 is 39.6. The minimum absolute atomic E-state index is 0.0466. The lowest BCUT2D eigenvalue weighted by Gasteiger charge is -2.19. The van der Waals surface area contributed by atoms with Gasteiger partial charge in [-0.3, -0.25) is 0 Å². The van der Waals surface area contributed by atoms with Crippen molar-refractivity contribution < 1.29 is 13.2 Å². The molecule has 2 aromatic carbocycles. The first kappa shape index (κ1) is 19.5. The van der Waals surface area contributed by atoms with Gasteiger partial charge in [0.2, 0.25) is 0 Å². The van der Waals surface area contributed by atoms with Crippen molar-refractivity contribution in [2.75, 3.05) is 0 Å². The first-order valence-corrected chi connectivity index (χ1v) is 8.86. The summed E-state index contributed by atoms with van der Waals surface area (Å²) in [5, 5.41) is 8.61. The zero-order valence-electron chi connectivity index (χ0n) is 14.8. The Hall–Kier alpha value is -2.31. The van der Waals surface area contributed by atoms with E-state index < -0.39 is 11.7 Å². The number of nitrogens with zero attached hydrogens (tertiary/aromatic N) is 2. The summed E-state index contributed by atoms with van der Waals surface area (Å²) in [6.07, 6.45) is -2.61. The predicted octanol–water partition coefficient (Wildman–Crippen LogP) is 5.96. The predicted molar refractivity (Wildman–Crippen MR) is 100.0 cm³/mol. The molecule has 142 valence electrons. The molecule has 0 fully saturated rings. The van der Waals surface area contributed by atoms with Crippen molar-refractivity contribution >= 4 is 11.6 Å². The molecular formula is C20H19ClF3N3. The second-order valence-electron chi connectivity index (χ2n) is 6.39. The molecule has 3 nitrogen and oxygen atoms in total. The van der Waals surface area contributed by atoms with Crippen molar-refractivity contribution in [2.24, 2.45) is 0 Å². The molecule has 1 aromatic heterocycles. The molecule has 1 heterocycles. The van der Waals surface area contributed by atoms with Crippen molar-refractivity contribution in [1.82, 2.24) is 15.1 Å². The van der Waals surface area contributed by atoms with E-state index in [2.05, 4.69) is 10.4 Å². The minimum Gasteiger partial charge on any atom is -0.302 e. The molecule has 0 aliphatic carbocycles. The third kappa shape index (κ3) is 4.70. The van der Waals surface area contributed by atoms with Crippen LogP contribution in [0.15, 0.2) is 60.8 Å². The monoisotopic (exact) mass is 393 g/mol. The van der Waals surface area contributed by atoms with Gasteiger partial charge in [0, 0.05) is 23.3 Å². The van der Waals surface area contributed by atoms with Gasteiger partial charge < -0.3 is 5.32 Å². The van der Waals surface area contributed by atoms with Gasteiger partial charge in [-0.15, -0.1) is 0 Å². The van der Waals surface area contributed by atoms with E-state index in [1.807, 2.05) is 44.2 Å². The number of nitrogens with one attached hydrogen (secondary N) is 1. The largest absolute Gasteiger partial charge is 0.416 e. The third-order valence-electron chi connectivity index (χ3n) is 4.36. The van der Waals surface area contributed by atoms with Crippen molar-refractivity contribution in [2.45, 2.75) is 32.1 Å². The highest BCUT2D eigenvalue weighted by Gasteiger charge is 2.30. The molecule has 0 aliphatic heterocycles. The second kappa shape index (κ2) is 7.74. The number of halogens is 4. The molecule has 1 unspecified atom stereocenters. The standard InChI is InChI=1S/C20H19ClF3N3/c1-13(15-4-3-5-17(21)12-15)25-14(2)19-10-11-27(26-19)18-8-6-16(7-9-18)20(22,23)24/h3-14,25H,1-2H3/t13-,14?/m1/s1. The molecular weight excluding hydrogens is 375 g/mol. The Morgan fingerprint density at radius 2 is 1.70 bits per heavy atom. The molecule has 0 amide bonds. The first-order chi connectivity index (χ1) is 12.7. The van der Waals surface area contributed by atoms with Crippen LogP contribution in [0.25, 0.3) is 5.69 Å². The van der Waals surface area contributed by atoms with Crippen molar-refractivity contribution in [3.63, 3.8) is 0 Å². The second-order valence-corrected chi connectivity index (χ2v) is 6.83. The van der Waals surface area contributed by atoms with E-state index in [1.54, 1.807) is 10.9 Å². The highest BCUT2D eigenvalue weighted by molar-refractivity contribution is 6.30. The van der Waals surface area contributed by atoms with E-state index in [4.69, 9.17) is 11.6 Å². The molecule has 7 heteroatoms. The van der Waals surface area contributed by atoms with Crippen molar-refractivity contribution in [3.8, 4) is 5.69 Å². The van der Waals surface area contributed by atoms with Gasteiger partial charge in [0.25, 0.3) is 0 Å². The van der Waals surface area contributed by atoms with Gasteiger partial charge in [0.15, 0.2) is 0 Å². The Labute approximate surface area is 160 Å². The average Bonchev–Trinajstić information content (AvgIpc) is 3.11. The number of rotatable bonds is 5. The number of benzene rings is 2. The SMILES string of the molecule is CC(N[C@H](C)c1cccc(Cl)c1)c1ccn(-c2ccc(C(F)(F)F)cc2)n1. The van der Waals surface area contributed by atoms with Crippen LogP contribution in [0.3, 0.4) is 0 Å². The van der Waals surface area contributed by atoms with E-state index in [9.17, 15) is 13.2 Å². The summed E-state index contributed by atoms with van der Waals surface area (Å²) in [4.78, 5) is 0. The molecule has 0 saturated carbocycles. The molecule has 3 rings (SSSR count). The topological polar surface area (TPSA) is 29.9 Å². The molecule has 0 saturated heterocycles. The number of alkyl halides is 3. The van der Waals surface area contributed by atoms with E-state index in [-0.39, 0.29) is 12.1 Å². The fourth-order valence-corrected chi connectivity index (χ4v) is 3.05. The number of hydrogen-bond donors (Lipinski definition) is 1. The van der Waals surface area contributed by atoms with E-state index >= 15 is 0 Å². The molecule has 0 bridgehead atoms. The summed E-state index contributed by atoms with van der Waals surface area (Å²) in [6.45, 7) is 4.02. The Bertz CT molecular complexity index is 903. The molecule has 0 aliphatic rings. The Morgan fingerprint density at radius 1 is 1.00 bits per heavy atom. The van der Waals surface area contributed by atoms with Crippen LogP contribution < -0.4 is 5.32 Å². The molecule has 0 radical (unpaired) electrons. The van der Waals surface area contributed by atoms with Gasteiger partial charge in [0.05, 0.1) is 16.9 Å². The van der Waals surface area contributed by atoms with E-state index in [1.165, 1.54) is 12.1 Å². The lowest BCUT2D eigenvalue weighted by atomic mass is 10.1. The van der Waals surface area contributed by atoms with Crippen LogP contribution in [-0.2, 0) is 6.18 Å². The zero-order chi connectivity index (χ0) is 19.6. The van der Waals surface area contributed by atoms with Gasteiger partial charge in [-0.2, -0.15) is 18.3 Å². The maximum absolute atomic E-state index is 12.7. The van der Waals surface area contributed by atoms with E-state index in [0.717, 1.165) is 23.4 Å². The van der Waals surface area contributed by atoms with Crippen LogP contribution in [0.4, 0.5) is 13.2 Å². The van der Waals surface area contributed by atoms with Crippen LogP contribution in [0.5, 0.6) is 0 Å².